The van der Waals surface area contributed by atoms with Crippen LogP contribution in [0.5, 0.6) is 5.75 Å². The summed E-state index contributed by atoms with van der Waals surface area (Å²) in [5.74, 6) is -0.341. The van der Waals surface area contributed by atoms with Gasteiger partial charge in [-0.15, -0.1) is 0 Å². The van der Waals surface area contributed by atoms with Gasteiger partial charge < -0.3 is 24.1 Å². The first-order chi connectivity index (χ1) is 13.4. The van der Waals surface area contributed by atoms with Crippen LogP contribution in [0.4, 0.5) is 5.69 Å². The number of hydrogen-bond donors (Lipinski definition) is 2. The molecular weight excluding hydrogens is 366 g/mol. The average Bonchev–Trinajstić information content (AvgIpc) is 3.32. The number of nitrogens with zero attached hydrogens (tertiary/aromatic N) is 2. The lowest BCUT2D eigenvalue weighted by Crippen LogP contribution is -2.15. The molecule has 0 atom stereocenters. The van der Waals surface area contributed by atoms with Gasteiger partial charge in [-0.1, -0.05) is 5.16 Å². The zero-order chi connectivity index (χ0) is 20.1. The largest absolute Gasteiger partial charge is 0.489 e. The van der Waals surface area contributed by atoms with E-state index in [0.717, 1.165) is 0 Å². The van der Waals surface area contributed by atoms with E-state index < -0.39 is 5.97 Å². The Morgan fingerprint density at radius 3 is 2.79 bits per heavy atom. The van der Waals surface area contributed by atoms with Crippen LogP contribution in [0, 0.1) is 0 Å². The number of hydrogen-bond acceptors (Lipinski definition) is 7. The second-order valence-corrected chi connectivity index (χ2v) is 6.25. The van der Waals surface area contributed by atoms with E-state index in [4.69, 9.17) is 18.8 Å². The molecule has 0 aliphatic rings. The van der Waals surface area contributed by atoms with Crippen molar-refractivity contribution in [1.82, 2.24) is 10.1 Å². The van der Waals surface area contributed by atoms with E-state index in [1.807, 2.05) is 13.8 Å². The van der Waals surface area contributed by atoms with E-state index in [-0.39, 0.29) is 30.4 Å². The molecule has 9 nitrogen and oxygen atoms in total. The van der Waals surface area contributed by atoms with Crippen LogP contribution in [-0.4, -0.2) is 33.2 Å². The van der Waals surface area contributed by atoms with Crippen LogP contribution in [0.25, 0.3) is 11.4 Å². The zero-order valence-electron chi connectivity index (χ0n) is 15.3. The number of amides is 1. The first kappa shape index (κ1) is 19.2. The summed E-state index contributed by atoms with van der Waals surface area (Å²) in [6.45, 7) is 3.67. The minimum Gasteiger partial charge on any atom is -0.489 e. The molecule has 0 aliphatic heterocycles. The number of carbonyl (C=O) groups excluding carboxylic acids is 1. The summed E-state index contributed by atoms with van der Waals surface area (Å²) in [4.78, 5) is 27.7. The summed E-state index contributed by atoms with van der Waals surface area (Å²) in [5, 5.41) is 15.7. The lowest BCUT2D eigenvalue weighted by molar-refractivity contribution is -0.116. The molecule has 0 fully saturated rings. The van der Waals surface area contributed by atoms with Gasteiger partial charge in [-0.05, 0) is 38.1 Å². The van der Waals surface area contributed by atoms with Crippen LogP contribution in [-0.2, 0) is 11.2 Å². The van der Waals surface area contributed by atoms with Gasteiger partial charge in [-0.25, -0.2) is 4.79 Å². The van der Waals surface area contributed by atoms with Crippen molar-refractivity contribution >= 4 is 17.6 Å². The number of anilines is 1. The van der Waals surface area contributed by atoms with Crippen LogP contribution in [0.1, 0.15) is 36.5 Å². The summed E-state index contributed by atoms with van der Waals surface area (Å²) in [7, 11) is 0. The molecule has 1 aromatic carbocycles. The maximum atomic E-state index is 12.3. The Kier molecular flexibility index (Phi) is 5.73. The van der Waals surface area contributed by atoms with E-state index in [1.165, 1.54) is 30.7 Å². The molecule has 0 spiro atoms. The first-order valence-electron chi connectivity index (χ1n) is 8.61. The Morgan fingerprint density at radius 1 is 1.29 bits per heavy atom. The summed E-state index contributed by atoms with van der Waals surface area (Å²) in [6.07, 6.45) is 3.17. The predicted octanol–water partition coefficient (Wildman–Crippen LogP) is 3.39. The van der Waals surface area contributed by atoms with Gasteiger partial charge >= 0.3 is 5.97 Å². The maximum absolute atomic E-state index is 12.3. The molecule has 3 aromatic rings. The van der Waals surface area contributed by atoms with Crippen molar-refractivity contribution in [2.45, 2.75) is 32.8 Å². The summed E-state index contributed by atoms with van der Waals surface area (Å²) < 4.78 is 15.7. The molecule has 0 bridgehead atoms. The fourth-order valence-electron chi connectivity index (χ4n) is 2.42. The number of aromatic nitrogens is 2. The number of carbonyl (C=O) groups is 2. The minimum atomic E-state index is -1.09. The van der Waals surface area contributed by atoms with Crippen molar-refractivity contribution in [2.75, 3.05) is 5.32 Å². The maximum Gasteiger partial charge on any atom is 0.335 e. The van der Waals surface area contributed by atoms with Gasteiger partial charge in [0.15, 0.2) is 0 Å². The number of aryl methyl sites for hydroxylation is 1. The van der Waals surface area contributed by atoms with E-state index in [0.29, 0.717) is 28.7 Å². The minimum absolute atomic E-state index is 0.0491. The van der Waals surface area contributed by atoms with Crippen LogP contribution >= 0.6 is 0 Å². The van der Waals surface area contributed by atoms with Crippen molar-refractivity contribution in [2.24, 2.45) is 0 Å². The normalized spacial score (nSPS) is 10.8. The molecular formula is C19H19N3O6. The van der Waals surface area contributed by atoms with Gasteiger partial charge in [0.25, 0.3) is 0 Å². The smallest absolute Gasteiger partial charge is 0.335 e. The van der Waals surface area contributed by atoms with Crippen LogP contribution in [0.15, 0.2) is 45.7 Å². The van der Waals surface area contributed by atoms with Crippen LogP contribution in [0.2, 0.25) is 0 Å². The topological polar surface area (TPSA) is 128 Å². The number of nitrogens with one attached hydrogen (secondary N) is 1. The van der Waals surface area contributed by atoms with Crippen LogP contribution in [0.3, 0.4) is 0 Å². The van der Waals surface area contributed by atoms with Gasteiger partial charge in [-0.3, -0.25) is 4.79 Å². The lowest BCUT2D eigenvalue weighted by Gasteiger charge is -2.15. The molecule has 0 saturated heterocycles. The molecule has 0 unspecified atom stereocenters. The number of aromatic carboxylic acids is 1. The second kappa shape index (κ2) is 8.38. The standard InChI is InChI=1S/C19H19N3O6/c1-11(2)27-15-4-3-12(19(24)25)9-14(15)20-16(23)5-6-17-21-18(22-28-17)13-7-8-26-10-13/h3-4,7-11H,5-6H2,1-2H3,(H,20,23)(H,24,25). The average molecular weight is 385 g/mol. The molecule has 2 heterocycles. The van der Waals surface area contributed by atoms with Gasteiger partial charge in [-0.2, -0.15) is 4.98 Å². The fourth-order valence-corrected chi connectivity index (χ4v) is 2.42. The SMILES string of the molecule is CC(C)Oc1ccc(C(=O)O)cc1NC(=O)CCc1nc(-c2ccoc2)no1. The van der Waals surface area contributed by atoms with E-state index >= 15 is 0 Å². The highest BCUT2D eigenvalue weighted by Crippen LogP contribution is 2.27. The van der Waals surface area contributed by atoms with Crippen molar-refractivity contribution in [3.05, 3.63) is 48.2 Å². The monoisotopic (exact) mass is 385 g/mol. The molecule has 3 rings (SSSR count). The highest BCUT2D eigenvalue weighted by molar-refractivity contribution is 5.95. The van der Waals surface area contributed by atoms with E-state index in [9.17, 15) is 9.59 Å². The summed E-state index contributed by atoms with van der Waals surface area (Å²) >= 11 is 0. The molecule has 146 valence electrons. The zero-order valence-corrected chi connectivity index (χ0v) is 15.3. The highest BCUT2D eigenvalue weighted by atomic mass is 16.5. The predicted molar refractivity (Wildman–Crippen MR) is 98.1 cm³/mol. The molecule has 0 saturated carbocycles. The number of benzene rings is 1. The van der Waals surface area contributed by atoms with E-state index in [1.54, 1.807) is 6.07 Å². The Morgan fingerprint density at radius 2 is 2.11 bits per heavy atom. The van der Waals surface area contributed by atoms with Crippen molar-refractivity contribution in [3.8, 4) is 17.1 Å². The van der Waals surface area contributed by atoms with Crippen molar-refractivity contribution < 1.29 is 28.4 Å². The molecule has 0 aliphatic carbocycles. The Balaban J connectivity index is 1.65. The Bertz CT molecular complexity index is 962. The van der Waals surface area contributed by atoms with Gasteiger partial charge in [0, 0.05) is 12.8 Å². The second-order valence-electron chi connectivity index (χ2n) is 6.25. The molecule has 28 heavy (non-hydrogen) atoms. The van der Waals surface area contributed by atoms with Gasteiger partial charge in [0.1, 0.15) is 12.0 Å². The first-order valence-corrected chi connectivity index (χ1v) is 8.61. The van der Waals surface area contributed by atoms with Gasteiger partial charge in [0.05, 0.1) is 29.2 Å². The molecule has 0 radical (unpaired) electrons. The van der Waals surface area contributed by atoms with E-state index in [2.05, 4.69) is 15.5 Å². The quantitative estimate of drug-likeness (QED) is 0.604. The summed E-state index contributed by atoms with van der Waals surface area (Å²) in [5.41, 5.74) is 1.02. The molecule has 2 N–H and O–H groups in total. The fraction of sp³-hybridized carbons (Fsp3) is 0.263. The molecule has 9 heteroatoms. The third-order valence-electron chi connectivity index (χ3n) is 3.68. The molecule has 1 amide bonds. The Labute approximate surface area is 160 Å². The lowest BCUT2D eigenvalue weighted by atomic mass is 10.1. The van der Waals surface area contributed by atoms with Crippen molar-refractivity contribution in [3.63, 3.8) is 0 Å². The molecule has 2 aromatic heterocycles. The van der Waals surface area contributed by atoms with Crippen molar-refractivity contribution in [1.29, 1.82) is 0 Å². The number of furan rings is 1. The van der Waals surface area contributed by atoms with Gasteiger partial charge in [0.2, 0.25) is 17.6 Å². The number of ether oxygens (including phenoxy) is 1. The third-order valence-corrected chi connectivity index (χ3v) is 3.68. The summed E-state index contributed by atoms with van der Waals surface area (Å²) in [6, 6.07) is 6.01. The third kappa shape index (κ3) is 4.76. The number of carboxylic acid groups (broad SMARTS) is 1. The highest BCUT2D eigenvalue weighted by Gasteiger charge is 2.15. The van der Waals surface area contributed by atoms with Crippen LogP contribution < -0.4 is 10.1 Å². The number of rotatable bonds is 8. The number of carboxylic acids is 1. The Hall–Kier alpha value is -3.62.